The number of ether oxygens (including phenoxy) is 1. The van der Waals surface area contributed by atoms with Crippen LogP contribution in [0.1, 0.15) is 41.0 Å². The molecule has 2 aliphatic heterocycles. The zero-order chi connectivity index (χ0) is 22.1. The van der Waals surface area contributed by atoms with Gasteiger partial charge in [0.1, 0.15) is 5.60 Å². The number of carbonyl (C=O) groups excluding carboxylic acids is 2. The van der Waals surface area contributed by atoms with E-state index in [9.17, 15) is 9.59 Å². The number of hydrogen-bond donors (Lipinski definition) is 1. The first-order valence-corrected chi connectivity index (χ1v) is 11.2. The van der Waals surface area contributed by atoms with E-state index in [1.807, 2.05) is 25.7 Å². The molecule has 0 saturated carbocycles. The standard InChI is InChI=1S/C21H40N6O3.HI/c1-6-22-19(26-16-14-25(15-17-26)18(2)28)23-8-7-9-24-10-12-27(13-11-24)20(29)30-21(3,4)5;/h6-17H2,1-5H3,(H,22,23);1H. The maximum absolute atomic E-state index is 12.2. The highest BCUT2D eigenvalue weighted by molar-refractivity contribution is 14.0. The fourth-order valence-corrected chi connectivity index (χ4v) is 3.62. The maximum Gasteiger partial charge on any atom is 0.410 e. The summed E-state index contributed by atoms with van der Waals surface area (Å²) in [6, 6.07) is 0. The number of piperazine rings is 2. The van der Waals surface area contributed by atoms with E-state index in [0.29, 0.717) is 13.1 Å². The van der Waals surface area contributed by atoms with Gasteiger partial charge in [-0.25, -0.2) is 4.79 Å². The van der Waals surface area contributed by atoms with Gasteiger partial charge in [-0.3, -0.25) is 14.7 Å². The van der Waals surface area contributed by atoms with E-state index in [2.05, 4.69) is 22.0 Å². The Kier molecular flexibility index (Phi) is 11.9. The van der Waals surface area contributed by atoms with Gasteiger partial charge in [0.2, 0.25) is 5.91 Å². The Morgan fingerprint density at radius 2 is 1.48 bits per heavy atom. The summed E-state index contributed by atoms with van der Waals surface area (Å²) in [6.45, 7) is 18.3. The first kappa shape index (κ1) is 27.7. The minimum Gasteiger partial charge on any atom is -0.444 e. The predicted octanol–water partition coefficient (Wildman–Crippen LogP) is 1.68. The SMILES string of the molecule is CCNC(=NCCCN1CCN(C(=O)OC(C)(C)C)CC1)N1CCN(C(C)=O)CC1.I. The smallest absolute Gasteiger partial charge is 0.410 e. The predicted molar refractivity (Wildman–Crippen MR) is 134 cm³/mol. The summed E-state index contributed by atoms with van der Waals surface area (Å²) < 4.78 is 5.46. The minimum absolute atomic E-state index is 0. The van der Waals surface area contributed by atoms with Crippen molar-refractivity contribution in [2.24, 2.45) is 4.99 Å². The molecule has 2 amide bonds. The van der Waals surface area contributed by atoms with Gasteiger partial charge in [-0.05, 0) is 34.1 Å². The van der Waals surface area contributed by atoms with Crippen molar-refractivity contribution in [1.82, 2.24) is 24.9 Å². The molecule has 1 N–H and O–H groups in total. The molecule has 0 aromatic rings. The Hall–Kier alpha value is -1.30. The van der Waals surface area contributed by atoms with Gasteiger partial charge in [0.15, 0.2) is 5.96 Å². The van der Waals surface area contributed by atoms with Gasteiger partial charge in [0.25, 0.3) is 0 Å². The summed E-state index contributed by atoms with van der Waals surface area (Å²) in [5.41, 5.74) is -0.449. The van der Waals surface area contributed by atoms with Crippen LogP contribution < -0.4 is 5.32 Å². The lowest BCUT2D eigenvalue weighted by Crippen LogP contribution is -2.53. The van der Waals surface area contributed by atoms with Gasteiger partial charge in [-0.15, -0.1) is 24.0 Å². The van der Waals surface area contributed by atoms with Crippen LogP contribution in [0.4, 0.5) is 4.79 Å². The molecule has 2 aliphatic rings. The van der Waals surface area contributed by atoms with Gasteiger partial charge in [-0.1, -0.05) is 0 Å². The van der Waals surface area contributed by atoms with Gasteiger partial charge in [0.05, 0.1) is 0 Å². The first-order valence-electron chi connectivity index (χ1n) is 11.2. The summed E-state index contributed by atoms with van der Waals surface area (Å²) in [7, 11) is 0. The molecule has 0 bridgehead atoms. The van der Waals surface area contributed by atoms with E-state index >= 15 is 0 Å². The fraction of sp³-hybridized carbons (Fsp3) is 0.857. The summed E-state index contributed by atoms with van der Waals surface area (Å²) in [6.07, 6.45) is 0.765. The van der Waals surface area contributed by atoms with E-state index in [1.165, 1.54) is 0 Å². The number of aliphatic imine (C=N–C) groups is 1. The molecule has 2 heterocycles. The highest BCUT2D eigenvalue weighted by Crippen LogP contribution is 2.12. The van der Waals surface area contributed by atoms with Crippen LogP contribution in [0.25, 0.3) is 0 Å². The van der Waals surface area contributed by atoms with Crippen molar-refractivity contribution in [2.45, 2.75) is 46.6 Å². The van der Waals surface area contributed by atoms with E-state index in [0.717, 1.165) is 71.3 Å². The molecule has 0 atom stereocenters. The second kappa shape index (κ2) is 13.3. The van der Waals surface area contributed by atoms with Crippen molar-refractivity contribution in [3.63, 3.8) is 0 Å². The molecule has 31 heavy (non-hydrogen) atoms. The molecule has 0 aromatic carbocycles. The fourth-order valence-electron chi connectivity index (χ4n) is 3.62. The molecular weight excluding hydrogens is 511 g/mol. The van der Waals surface area contributed by atoms with Crippen molar-refractivity contribution in [3.8, 4) is 0 Å². The minimum atomic E-state index is -0.449. The Morgan fingerprint density at radius 1 is 0.935 bits per heavy atom. The molecule has 0 aromatic heterocycles. The normalized spacial score (nSPS) is 18.5. The first-order chi connectivity index (χ1) is 14.2. The van der Waals surface area contributed by atoms with Gasteiger partial charge in [-0.2, -0.15) is 0 Å². The topological polar surface area (TPSA) is 80.7 Å². The molecular formula is C21H41IN6O3. The third-order valence-corrected chi connectivity index (χ3v) is 5.28. The average Bonchev–Trinajstić information content (AvgIpc) is 2.69. The quantitative estimate of drug-likeness (QED) is 0.242. The van der Waals surface area contributed by atoms with E-state index < -0.39 is 5.60 Å². The van der Waals surface area contributed by atoms with Crippen LogP contribution in [-0.4, -0.2) is 115 Å². The van der Waals surface area contributed by atoms with Gasteiger partial charge in [0, 0.05) is 78.9 Å². The van der Waals surface area contributed by atoms with Crippen LogP contribution >= 0.6 is 24.0 Å². The second-order valence-electron chi connectivity index (χ2n) is 8.89. The Bertz CT molecular complexity index is 594. The molecule has 2 rings (SSSR count). The van der Waals surface area contributed by atoms with E-state index in [-0.39, 0.29) is 36.0 Å². The van der Waals surface area contributed by atoms with Crippen LogP contribution in [0.3, 0.4) is 0 Å². The van der Waals surface area contributed by atoms with Crippen LogP contribution in [0, 0.1) is 0 Å². The number of guanidine groups is 1. The lowest BCUT2D eigenvalue weighted by atomic mass is 10.2. The van der Waals surface area contributed by atoms with Crippen molar-refractivity contribution in [1.29, 1.82) is 0 Å². The summed E-state index contributed by atoms with van der Waals surface area (Å²) in [5.74, 6) is 1.08. The van der Waals surface area contributed by atoms with Crippen molar-refractivity contribution < 1.29 is 14.3 Å². The molecule has 0 unspecified atom stereocenters. The number of nitrogens with zero attached hydrogens (tertiary/aromatic N) is 5. The molecule has 0 aliphatic carbocycles. The zero-order valence-corrected chi connectivity index (χ0v) is 22.2. The molecule has 0 spiro atoms. The highest BCUT2D eigenvalue weighted by Gasteiger charge is 2.25. The third-order valence-electron chi connectivity index (χ3n) is 5.28. The Balaban J connectivity index is 0.00000480. The van der Waals surface area contributed by atoms with E-state index in [1.54, 1.807) is 11.8 Å². The summed E-state index contributed by atoms with van der Waals surface area (Å²) in [4.78, 5) is 36.8. The average molecular weight is 553 g/mol. The van der Waals surface area contributed by atoms with Crippen LogP contribution in [0.2, 0.25) is 0 Å². The summed E-state index contributed by atoms with van der Waals surface area (Å²) >= 11 is 0. The highest BCUT2D eigenvalue weighted by atomic mass is 127. The number of hydrogen-bond acceptors (Lipinski definition) is 5. The molecule has 2 saturated heterocycles. The third kappa shape index (κ3) is 9.80. The Morgan fingerprint density at radius 3 is 2.00 bits per heavy atom. The van der Waals surface area contributed by atoms with Gasteiger partial charge >= 0.3 is 6.09 Å². The Labute approximate surface area is 204 Å². The number of nitrogens with one attached hydrogen (secondary N) is 1. The van der Waals surface area contributed by atoms with Crippen LogP contribution in [0.5, 0.6) is 0 Å². The van der Waals surface area contributed by atoms with E-state index in [4.69, 9.17) is 9.73 Å². The maximum atomic E-state index is 12.2. The number of halogens is 1. The van der Waals surface area contributed by atoms with Crippen molar-refractivity contribution >= 4 is 41.9 Å². The molecule has 2 fully saturated rings. The van der Waals surface area contributed by atoms with Crippen LogP contribution in [-0.2, 0) is 9.53 Å². The van der Waals surface area contributed by atoms with Gasteiger partial charge < -0.3 is 24.8 Å². The van der Waals surface area contributed by atoms with Crippen LogP contribution in [0.15, 0.2) is 4.99 Å². The second-order valence-corrected chi connectivity index (χ2v) is 8.89. The number of amides is 2. The summed E-state index contributed by atoms with van der Waals surface area (Å²) in [5, 5.41) is 3.37. The molecule has 10 heteroatoms. The number of rotatable bonds is 5. The number of carbonyl (C=O) groups is 2. The molecule has 0 radical (unpaired) electrons. The molecule has 180 valence electrons. The largest absolute Gasteiger partial charge is 0.444 e. The molecule has 9 nitrogen and oxygen atoms in total. The lowest BCUT2D eigenvalue weighted by Gasteiger charge is -2.36. The monoisotopic (exact) mass is 552 g/mol. The lowest BCUT2D eigenvalue weighted by molar-refractivity contribution is -0.130. The van der Waals surface area contributed by atoms with Crippen molar-refractivity contribution in [3.05, 3.63) is 0 Å². The zero-order valence-electron chi connectivity index (χ0n) is 19.9. The van der Waals surface area contributed by atoms with Crippen molar-refractivity contribution in [2.75, 3.05) is 72.0 Å².